The molecule has 0 aliphatic heterocycles. The summed E-state index contributed by atoms with van der Waals surface area (Å²) in [5.41, 5.74) is 5.99. The largest absolute Gasteiger partial charge is 0.465 e. The number of hydrogen-bond donors (Lipinski definition) is 1. The summed E-state index contributed by atoms with van der Waals surface area (Å²) < 4.78 is 5.50. The Hall–Kier alpha value is -0.300. The molecule has 11 heavy (non-hydrogen) atoms. The minimum absolute atomic E-state index is 0.373. The summed E-state index contributed by atoms with van der Waals surface area (Å²) >= 11 is 3.48. The van der Waals surface area contributed by atoms with Crippen LogP contribution in [0.1, 0.15) is 10.4 Å². The van der Waals surface area contributed by atoms with Gasteiger partial charge in [0.2, 0.25) is 0 Å². The molecule has 0 aliphatic carbocycles. The topological polar surface area (TPSA) is 52.3 Å². The Morgan fingerprint density at radius 1 is 1.82 bits per heavy atom. The van der Waals surface area contributed by atoms with Gasteiger partial charge in [0.15, 0.2) is 0 Å². The first-order valence-corrected chi connectivity index (χ1v) is 4.67. The van der Waals surface area contributed by atoms with Gasteiger partial charge in [-0.05, 0) is 28.7 Å². The van der Waals surface area contributed by atoms with Crippen LogP contribution in [0.3, 0.4) is 0 Å². The van der Waals surface area contributed by atoms with Crippen molar-refractivity contribution in [3.8, 4) is 0 Å². The zero-order valence-electron chi connectivity index (χ0n) is 5.76. The fourth-order valence-corrected chi connectivity index (χ4v) is 2.31. The normalized spacial score (nSPS) is 9.64. The second-order valence-electron chi connectivity index (χ2n) is 1.82. The first-order chi connectivity index (χ1) is 5.15. The lowest BCUT2D eigenvalue weighted by Crippen LogP contribution is -2.01. The van der Waals surface area contributed by atoms with Crippen LogP contribution in [0, 0.1) is 2.88 Å². The summed E-state index contributed by atoms with van der Waals surface area (Å²) in [5.74, 6) is -0.373. The van der Waals surface area contributed by atoms with Gasteiger partial charge in [0.1, 0.15) is 5.00 Å². The molecule has 0 unspecified atom stereocenters. The van der Waals surface area contributed by atoms with E-state index < -0.39 is 0 Å². The first-order valence-electron chi connectivity index (χ1n) is 2.78. The third-order valence-electron chi connectivity index (χ3n) is 1.14. The lowest BCUT2D eigenvalue weighted by molar-refractivity contribution is 0.0602. The molecule has 5 heteroatoms. The van der Waals surface area contributed by atoms with E-state index in [1.165, 1.54) is 18.4 Å². The Bertz CT molecular complexity index is 284. The van der Waals surface area contributed by atoms with Gasteiger partial charge in [-0.15, -0.1) is 11.3 Å². The predicted molar refractivity (Wildman–Crippen MR) is 52.8 cm³/mol. The number of carbonyl (C=O) groups is 1. The molecule has 1 aromatic heterocycles. The van der Waals surface area contributed by atoms with Crippen molar-refractivity contribution < 1.29 is 9.53 Å². The minimum atomic E-state index is -0.373. The summed E-state index contributed by atoms with van der Waals surface area (Å²) in [7, 11) is 1.34. The lowest BCUT2D eigenvalue weighted by atomic mass is 10.3. The molecule has 2 N–H and O–H groups in total. The number of methoxy groups -OCH3 is 1. The van der Waals surface area contributed by atoms with E-state index in [1.54, 1.807) is 6.07 Å². The van der Waals surface area contributed by atoms with Gasteiger partial charge in [0.25, 0.3) is 0 Å². The molecule has 1 heterocycles. The third-order valence-corrected chi connectivity index (χ3v) is 2.86. The van der Waals surface area contributed by atoms with Crippen molar-refractivity contribution in [2.45, 2.75) is 0 Å². The van der Waals surface area contributed by atoms with E-state index in [4.69, 9.17) is 5.73 Å². The quantitative estimate of drug-likeness (QED) is 0.630. The third kappa shape index (κ3) is 1.84. The summed E-state index contributed by atoms with van der Waals surface area (Å²) in [6.45, 7) is 0. The van der Waals surface area contributed by atoms with Crippen molar-refractivity contribution in [2.75, 3.05) is 12.8 Å². The summed E-state index contributed by atoms with van der Waals surface area (Å²) in [6.07, 6.45) is 0. The maximum Gasteiger partial charge on any atom is 0.340 e. The zero-order valence-corrected chi connectivity index (χ0v) is 8.73. The van der Waals surface area contributed by atoms with Crippen LogP contribution in [0.15, 0.2) is 6.07 Å². The molecule has 0 saturated heterocycles. The van der Waals surface area contributed by atoms with Crippen LogP contribution in [-0.2, 0) is 4.74 Å². The van der Waals surface area contributed by atoms with Gasteiger partial charge in [-0.25, -0.2) is 4.79 Å². The first kappa shape index (κ1) is 8.79. The molecule has 0 bridgehead atoms. The van der Waals surface area contributed by atoms with Crippen LogP contribution in [0.2, 0.25) is 0 Å². The van der Waals surface area contributed by atoms with Gasteiger partial charge in [-0.3, -0.25) is 0 Å². The number of carbonyl (C=O) groups excluding carboxylic acids is 1. The maximum atomic E-state index is 10.9. The van der Waals surface area contributed by atoms with E-state index in [2.05, 4.69) is 27.3 Å². The Morgan fingerprint density at radius 3 is 2.82 bits per heavy atom. The average Bonchev–Trinajstić information content (AvgIpc) is 2.28. The average molecular weight is 283 g/mol. The standard InChI is InChI=1S/C6H6INO2S/c1-10-6(9)3-2-4(7)11-5(3)8/h2H,8H2,1H3. The van der Waals surface area contributed by atoms with E-state index in [-0.39, 0.29) is 5.97 Å². The number of esters is 1. The summed E-state index contributed by atoms with van der Waals surface area (Å²) in [5, 5.41) is 0.515. The second kappa shape index (κ2) is 3.40. The number of ether oxygens (including phenoxy) is 1. The van der Waals surface area contributed by atoms with Crippen LogP contribution in [0.4, 0.5) is 5.00 Å². The van der Waals surface area contributed by atoms with Crippen LogP contribution in [0.25, 0.3) is 0 Å². The zero-order chi connectivity index (χ0) is 8.43. The van der Waals surface area contributed by atoms with Gasteiger partial charge >= 0.3 is 5.97 Å². The van der Waals surface area contributed by atoms with E-state index in [0.29, 0.717) is 10.6 Å². The smallest absolute Gasteiger partial charge is 0.340 e. The van der Waals surface area contributed by atoms with Crippen molar-refractivity contribution in [2.24, 2.45) is 0 Å². The number of nitrogen functional groups attached to an aromatic ring is 1. The molecule has 0 atom stereocenters. The highest BCUT2D eigenvalue weighted by molar-refractivity contribution is 14.1. The summed E-state index contributed by atoms with van der Waals surface area (Å²) in [6, 6.07) is 1.71. The van der Waals surface area contributed by atoms with Gasteiger partial charge in [-0.2, -0.15) is 0 Å². The molecule has 0 aliphatic rings. The molecule has 1 rings (SSSR count). The second-order valence-corrected chi connectivity index (χ2v) is 4.80. The number of rotatable bonds is 1. The molecular formula is C6H6INO2S. The van der Waals surface area contributed by atoms with Crippen molar-refractivity contribution >= 4 is 44.9 Å². The van der Waals surface area contributed by atoms with Crippen molar-refractivity contribution in [1.29, 1.82) is 0 Å². The molecule has 1 aromatic rings. The Balaban J connectivity index is 3.03. The molecule has 0 spiro atoms. The maximum absolute atomic E-state index is 10.9. The molecule has 0 amide bonds. The van der Waals surface area contributed by atoms with Gasteiger partial charge in [-0.1, -0.05) is 0 Å². The monoisotopic (exact) mass is 283 g/mol. The highest BCUT2D eigenvalue weighted by Gasteiger charge is 2.12. The predicted octanol–water partition coefficient (Wildman–Crippen LogP) is 1.72. The van der Waals surface area contributed by atoms with E-state index >= 15 is 0 Å². The van der Waals surface area contributed by atoms with Crippen molar-refractivity contribution in [1.82, 2.24) is 0 Å². The highest BCUT2D eigenvalue weighted by atomic mass is 127. The Morgan fingerprint density at radius 2 is 2.45 bits per heavy atom. The Kier molecular flexibility index (Phi) is 2.72. The number of nitrogens with two attached hydrogens (primary N) is 1. The minimum Gasteiger partial charge on any atom is -0.465 e. The molecule has 3 nitrogen and oxygen atoms in total. The number of hydrogen-bond acceptors (Lipinski definition) is 4. The SMILES string of the molecule is COC(=O)c1cc(I)sc1N. The lowest BCUT2D eigenvalue weighted by Gasteiger charge is -1.94. The Labute approximate surface area is 81.7 Å². The van der Waals surface area contributed by atoms with Crippen LogP contribution >= 0.6 is 33.9 Å². The van der Waals surface area contributed by atoms with Crippen LogP contribution in [0.5, 0.6) is 0 Å². The van der Waals surface area contributed by atoms with Crippen molar-refractivity contribution in [3.63, 3.8) is 0 Å². The molecule has 60 valence electrons. The molecule has 0 saturated carbocycles. The van der Waals surface area contributed by atoms with E-state index in [0.717, 1.165) is 2.88 Å². The van der Waals surface area contributed by atoms with Gasteiger partial charge in [0.05, 0.1) is 15.6 Å². The fraction of sp³-hybridized carbons (Fsp3) is 0.167. The van der Waals surface area contributed by atoms with E-state index in [9.17, 15) is 4.79 Å². The number of anilines is 1. The molecule has 0 radical (unpaired) electrons. The van der Waals surface area contributed by atoms with Crippen molar-refractivity contribution in [3.05, 3.63) is 14.5 Å². The van der Waals surface area contributed by atoms with Crippen LogP contribution in [-0.4, -0.2) is 13.1 Å². The molecule has 0 aromatic carbocycles. The van der Waals surface area contributed by atoms with Gasteiger partial charge in [0, 0.05) is 0 Å². The number of thiophene rings is 1. The highest BCUT2D eigenvalue weighted by Crippen LogP contribution is 2.26. The molecular weight excluding hydrogens is 277 g/mol. The van der Waals surface area contributed by atoms with Gasteiger partial charge < -0.3 is 10.5 Å². The molecule has 0 fully saturated rings. The number of halogens is 1. The van der Waals surface area contributed by atoms with Crippen LogP contribution < -0.4 is 5.73 Å². The fourth-order valence-electron chi connectivity index (χ4n) is 0.644. The van der Waals surface area contributed by atoms with E-state index in [1.807, 2.05) is 0 Å². The summed E-state index contributed by atoms with van der Waals surface area (Å²) in [4.78, 5) is 10.9.